The van der Waals surface area contributed by atoms with Gasteiger partial charge in [-0.3, -0.25) is 0 Å². The average molecular weight is 685 g/mol. The highest BCUT2D eigenvalue weighted by Crippen LogP contribution is 2.53. The summed E-state index contributed by atoms with van der Waals surface area (Å²) < 4.78 is 9.07. The lowest BCUT2D eigenvalue weighted by molar-refractivity contribution is 0.475. The number of allylic oxidation sites excluding steroid dienone is 3. The Morgan fingerprint density at radius 3 is 2.31 bits per heavy atom. The van der Waals surface area contributed by atoms with Crippen LogP contribution >= 0.6 is 11.3 Å². The highest BCUT2D eigenvalue weighted by molar-refractivity contribution is 7.25. The fraction of sp³-hybridized carbons (Fsp3) is 0.0638. The molecule has 1 aliphatic heterocycles. The van der Waals surface area contributed by atoms with E-state index >= 15 is 0 Å². The molecule has 3 nitrogen and oxygen atoms in total. The third kappa shape index (κ3) is 5.11. The number of hydrogen-bond acceptors (Lipinski definition) is 4. The van der Waals surface area contributed by atoms with Gasteiger partial charge >= 0.3 is 0 Å². The summed E-state index contributed by atoms with van der Waals surface area (Å²) in [5, 5.41) is 8.77. The summed E-state index contributed by atoms with van der Waals surface area (Å²) in [7, 11) is 7.52. The van der Waals surface area contributed by atoms with Crippen LogP contribution in [0.5, 0.6) is 11.5 Å². The van der Waals surface area contributed by atoms with Crippen LogP contribution in [0.3, 0.4) is 0 Å². The molecular formula is C47H33BN2OS. The molecule has 2 aliphatic rings. The number of anilines is 4. The molecule has 10 rings (SSSR count). The van der Waals surface area contributed by atoms with E-state index in [1.54, 1.807) is 0 Å². The fourth-order valence-corrected chi connectivity index (χ4v) is 9.05. The zero-order valence-electron chi connectivity index (χ0n) is 28.6. The van der Waals surface area contributed by atoms with Crippen LogP contribution in [0.25, 0.3) is 36.5 Å². The van der Waals surface area contributed by atoms with Gasteiger partial charge < -0.3 is 15.0 Å². The topological polar surface area (TPSA) is 24.5 Å². The van der Waals surface area contributed by atoms with E-state index in [0.29, 0.717) is 0 Å². The van der Waals surface area contributed by atoms with Gasteiger partial charge in [0.25, 0.3) is 0 Å². The molecule has 5 heteroatoms. The van der Waals surface area contributed by atoms with Crippen LogP contribution in [-0.4, -0.2) is 7.85 Å². The Bertz CT molecular complexity index is 2760. The second kappa shape index (κ2) is 12.3. The average Bonchev–Trinajstić information content (AvgIpc) is 3.55. The summed E-state index contributed by atoms with van der Waals surface area (Å²) in [6, 6.07) is 53.8. The molecule has 1 atom stereocenters. The van der Waals surface area contributed by atoms with Crippen molar-refractivity contribution in [3.05, 3.63) is 186 Å². The van der Waals surface area contributed by atoms with Crippen LogP contribution in [-0.2, 0) is 0 Å². The van der Waals surface area contributed by atoms with Crippen LogP contribution in [0.4, 0.5) is 22.7 Å². The molecule has 0 saturated heterocycles. The molecule has 2 radical (unpaired) electrons. The predicted octanol–water partition coefficient (Wildman–Crippen LogP) is 13.2. The zero-order chi connectivity index (χ0) is 34.8. The largest absolute Gasteiger partial charge is 0.453 e. The van der Waals surface area contributed by atoms with E-state index in [1.165, 1.54) is 36.5 Å². The number of fused-ring (bicyclic) bond motifs is 6. The van der Waals surface area contributed by atoms with Crippen molar-refractivity contribution in [3.63, 3.8) is 0 Å². The summed E-state index contributed by atoms with van der Waals surface area (Å²) in [6.07, 6.45) is 3.11. The maximum Gasteiger partial charge on any atom is 0.151 e. The highest BCUT2D eigenvalue weighted by Gasteiger charge is 2.33. The van der Waals surface area contributed by atoms with Gasteiger partial charge in [0.05, 0.1) is 11.4 Å². The molecule has 1 unspecified atom stereocenters. The van der Waals surface area contributed by atoms with Crippen molar-refractivity contribution in [1.29, 1.82) is 0 Å². The van der Waals surface area contributed by atoms with Crippen molar-refractivity contribution in [2.24, 2.45) is 0 Å². The number of rotatable bonds is 5. The normalized spacial score (nSPS) is 15.4. The summed E-state index contributed by atoms with van der Waals surface area (Å²) >= 11 is 1.84. The van der Waals surface area contributed by atoms with E-state index < -0.39 is 0 Å². The lowest BCUT2D eigenvalue weighted by atomic mass is 9.73. The minimum absolute atomic E-state index is 0.0915. The van der Waals surface area contributed by atoms with E-state index in [2.05, 4.69) is 157 Å². The van der Waals surface area contributed by atoms with Crippen LogP contribution in [0.2, 0.25) is 0 Å². The standard InChI is InChI=1S/C47H33BN2OS/c1-29-12-11-20-43-47(29)50(40-18-8-9-19-42(40)51-43)41-27-33(30-13-3-2-4-14-30)25-38(46(41)48)36-24-31-15-5-6-16-32(31)26-39(36)49-34-22-23-45-37(28-34)35-17-7-10-21-44(35)52-45/h2-24,26-28,33,49H,25H2,1H3. The van der Waals surface area contributed by atoms with Crippen molar-refractivity contribution in [2.45, 2.75) is 19.3 Å². The van der Waals surface area contributed by atoms with Gasteiger partial charge in [0.15, 0.2) is 11.5 Å². The van der Waals surface area contributed by atoms with Crippen LogP contribution < -0.4 is 15.0 Å². The lowest BCUT2D eigenvalue weighted by Gasteiger charge is -2.39. The molecule has 52 heavy (non-hydrogen) atoms. The molecule has 1 aromatic heterocycles. The Balaban J connectivity index is 1.18. The van der Waals surface area contributed by atoms with Gasteiger partial charge in [-0.15, -0.1) is 11.3 Å². The van der Waals surface area contributed by atoms with Crippen molar-refractivity contribution in [2.75, 3.05) is 10.2 Å². The summed E-state index contributed by atoms with van der Waals surface area (Å²) in [4.78, 5) is 2.32. The molecule has 1 aliphatic carbocycles. The van der Waals surface area contributed by atoms with Crippen LogP contribution in [0.1, 0.15) is 29.0 Å². The number of para-hydroxylation sites is 3. The first-order valence-corrected chi connectivity index (χ1v) is 18.5. The van der Waals surface area contributed by atoms with Crippen molar-refractivity contribution < 1.29 is 4.74 Å². The van der Waals surface area contributed by atoms with Crippen molar-refractivity contribution >= 4 is 78.5 Å². The summed E-state index contributed by atoms with van der Waals surface area (Å²) in [5.41, 5.74) is 10.4. The number of thiophene rings is 1. The third-order valence-corrected chi connectivity index (χ3v) is 11.6. The molecule has 2 heterocycles. The van der Waals surface area contributed by atoms with Gasteiger partial charge in [-0.2, -0.15) is 0 Å². The molecule has 0 amide bonds. The molecule has 7 aromatic carbocycles. The monoisotopic (exact) mass is 684 g/mol. The lowest BCUT2D eigenvalue weighted by Crippen LogP contribution is -2.26. The molecule has 0 spiro atoms. The van der Waals surface area contributed by atoms with Gasteiger partial charge in [0.1, 0.15) is 7.85 Å². The van der Waals surface area contributed by atoms with Crippen LogP contribution in [0, 0.1) is 6.92 Å². The Morgan fingerprint density at radius 2 is 1.42 bits per heavy atom. The van der Waals surface area contributed by atoms with Gasteiger partial charge in [-0.25, -0.2) is 0 Å². The van der Waals surface area contributed by atoms with Gasteiger partial charge in [0.2, 0.25) is 0 Å². The van der Waals surface area contributed by atoms with E-state index in [0.717, 1.165) is 68.5 Å². The van der Waals surface area contributed by atoms with Gasteiger partial charge in [-0.05, 0) is 95.4 Å². The molecule has 0 bridgehead atoms. The predicted molar refractivity (Wildman–Crippen MR) is 221 cm³/mol. The molecule has 0 fully saturated rings. The van der Waals surface area contributed by atoms with Gasteiger partial charge in [-0.1, -0.05) is 109 Å². The number of nitrogens with zero attached hydrogens (tertiary/aromatic N) is 1. The molecule has 8 aromatic rings. The number of hydrogen-bond donors (Lipinski definition) is 1. The Morgan fingerprint density at radius 1 is 0.692 bits per heavy atom. The molecule has 0 saturated carbocycles. The quantitative estimate of drug-likeness (QED) is 0.183. The van der Waals surface area contributed by atoms with Gasteiger partial charge in [0, 0.05) is 48.7 Å². The summed E-state index contributed by atoms with van der Waals surface area (Å²) in [5.74, 6) is 1.72. The first-order chi connectivity index (χ1) is 25.6. The SMILES string of the molecule is [B]C1=C(c2cc3ccccc3cc2Nc2ccc3sc4ccccc4c3c2)CC(c2ccccc2)C=C1N1c2ccccc2Oc2cccc(C)c21. The van der Waals surface area contributed by atoms with E-state index in [1.807, 2.05) is 29.5 Å². The van der Waals surface area contributed by atoms with Crippen LogP contribution in [0.15, 0.2) is 169 Å². The van der Waals surface area contributed by atoms with E-state index in [-0.39, 0.29) is 5.92 Å². The smallest absolute Gasteiger partial charge is 0.151 e. The molecule has 1 N–H and O–H groups in total. The van der Waals surface area contributed by atoms with Crippen molar-refractivity contribution in [1.82, 2.24) is 0 Å². The second-order valence-corrected chi connectivity index (χ2v) is 14.8. The number of benzene rings is 7. The second-order valence-electron chi connectivity index (χ2n) is 13.7. The van der Waals surface area contributed by atoms with Crippen molar-refractivity contribution in [3.8, 4) is 11.5 Å². The third-order valence-electron chi connectivity index (χ3n) is 10.5. The minimum Gasteiger partial charge on any atom is -0.453 e. The maximum atomic E-state index is 7.52. The number of ether oxygens (including phenoxy) is 1. The fourth-order valence-electron chi connectivity index (χ4n) is 7.96. The highest BCUT2D eigenvalue weighted by atomic mass is 32.1. The first-order valence-electron chi connectivity index (χ1n) is 17.7. The Labute approximate surface area is 308 Å². The van der Waals surface area contributed by atoms with E-state index in [4.69, 9.17) is 12.6 Å². The first kappa shape index (κ1) is 30.8. The van der Waals surface area contributed by atoms with E-state index in [9.17, 15) is 0 Å². The summed E-state index contributed by atoms with van der Waals surface area (Å²) in [6.45, 7) is 2.14. The minimum atomic E-state index is 0.0915. The Hall–Kier alpha value is -6.04. The Kier molecular flexibility index (Phi) is 7.29. The molecule has 246 valence electrons. The zero-order valence-corrected chi connectivity index (χ0v) is 29.5. The number of aryl methyl sites for hydroxylation is 1. The number of nitrogens with one attached hydrogen (secondary N) is 1. The maximum absolute atomic E-state index is 7.52. The molecular weight excluding hydrogens is 651 g/mol.